The maximum Gasteiger partial charge on any atom is 0.187 e. The second-order valence-electron chi connectivity index (χ2n) is 24.6. The Bertz CT molecular complexity index is 1870. The molecule has 9 aliphatic rings. The highest BCUT2D eigenvalue weighted by molar-refractivity contribution is 5.15. The van der Waals surface area contributed by atoms with Gasteiger partial charge in [0.25, 0.3) is 0 Å². The van der Waals surface area contributed by atoms with Gasteiger partial charge in [-0.2, -0.15) is 0 Å². The Labute approximate surface area is 437 Å². The van der Waals surface area contributed by atoms with Crippen molar-refractivity contribution in [3.8, 4) is 0 Å². The van der Waals surface area contributed by atoms with Crippen LogP contribution in [-0.4, -0.2) is 245 Å². The number of ether oxygens (including phenoxy) is 9. The van der Waals surface area contributed by atoms with Crippen LogP contribution >= 0.6 is 0 Å². The van der Waals surface area contributed by atoms with Crippen molar-refractivity contribution in [3.63, 3.8) is 0 Å². The third kappa shape index (κ3) is 10.8. The lowest BCUT2D eigenvalue weighted by atomic mass is 9.44. The zero-order valence-electron chi connectivity index (χ0n) is 43.8. The SMILES string of the molecule is CC(CCC1(O)OC2CC3C4CCC5CC(OC6OC(CO)C(O)C(OC7OC(C)C(O)C(O)C7O)C6OC6OC(CO)C(O)C(O)C6O)CCC5(C)C4CCC3(C)C2C1C)COCC1OC(CO)C(O)C(O)C1O. The Morgan fingerprint density at radius 2 is 1.13 bits per heavy atom. The molecule has 4 aliphatic carbocycles. The predicted molar refractivity (Wildman–Crippen MR) is 255 cm³/mol. The molecule has 0 aromatic rings. The van der Waals surface area contributed by atoms with E-state index in [1.54, 1.807) is 0 Å². The van der Waals surface area contributed by atoms with Gasteiger partial charge in [-0.1, -0.05) is 27.7 Å². The Morgan fingerprint density at radius 3 is 1.81 bits per heavy atom. The van der Waals surface area contributed by atoms with E-state index in [9.17, 15) is 71.5 Å². The minimum atomic E-state index is -1.86. The van der Waals surface area contributed by atoms with E-state index in [0.717, 1.165) is 38.5 Å². The van der Waals surface area contributed by atoms with Crippen LogP contribution < -0.4 is 0 Å². The molecule has 5 heterocycles. The molecule has 32 atom stereocenters. The molecular weight excluding hydrogens is 993 g/mol. The predicted octanol–water partition coefficient (Wildman–Crippen LogP) is -2.88. The number of aliphatic hydroxyl groups excluding tert-OH is 13. The third-order valence-corrected chi connectivity index (χ3v) is 20.3. The second-order valence-corrected chi connectivity index (χ2v) is 24.6. The van der Waals surface area contributed by atoms with Crippen molar-refractivity contribution >= 4 is 0 Å². The van der Waals surface area contributed by atoms with Crippen LogP contribution in [0, 0.1) is 52.3 Å². The van der Waals surface area contributed by atoms with E-state index >= 15 is 0 Å². The van der Waals surface area contributed by atoms with Gasteiger partial charge in [0.2, 0.25) is 0 Å². The van der Waals surface area contributed by atoms with Crippen molar-refractivity contribution in [2.24, 2.45) is 52.3 Å². The molecule has 5 aliphatic heterocycles. The minimum absolute atomic E-state index is 0.0240. The van der Waals surface area contributed by atoms with Crippen LogP contribution in [0.5, 0.6) is 0 Å². The van der Waals surface area contributed by atoms with Crippen LogP contribution in [0.4, 0.5) is 0 Å². The van der Waals surface area contributed by atoms with Crippen molar-refractivity contribution in [3.05, 3.63) is 0 Å². The minimum Gasteiger partial charge on any atom is -0.394 e. The van der Waals surface area contributed by atoms with Gasteiger partial charge in [0.05, 0.1) is 44.7 Å². The van der Waals surface area contributed by atoms with E-state index in [0.29, 0.717) is 50.0 Å². The largest absolute Gasteiger partial charge is 0.394 e. The van der Waals surface area contributed by atoms with Crippen molar-refractivity contribution in [2.45, 2.75) is 239 Å². The normalized spacial score (nSPS) is 55.4. The van der Waals surface area contributed by atoms with Gasteiger partial charge in [-0.3, -0.25) is 0 Å². The van der Waals surface area contributed by atoms with E-state index < -0.39 is 154 Å². The van der Waals surface area contributed by atoms with Gasteiger partial charge in [0, 0.05) is 18.9 Å². The van der Waals surface area contributed by atoms with E-state index in [1.165, 1.54) is 6.92 Å². The molecule has 0 aromatic heterocycles. The summed E-state index contributed by atoms with van der Waals surface area (Å²) in [5.41, 5.74) is -0.0591. The number of hydrogen-bond donors (Lipinski definition) is 14. The molecule has 434 valence electrons. The van der Waals surface area contributed by atoms with Crippen molar-refractivity contribution in [2.75, 3.05) is 33.0 Å². The van der Waals surface area contributed by atoms with Crippen LogP contribution in [0.25, 0.3) is 0 Å². The average molecular weight is 1080 g/mol. The lowest BCUT2D eigenvalue weighted by Gasteiger charge is -2.61. The highest BCUT2D eigenvalue weighted by atomic mass is 16.8. The molecule has 9 fully saturated rings. The monoisotopic (exact) mass is 1080 g/mol. The van der Waals surface area contributed by atoms with Gasteiger partial charge in [0.1, 0.15) is 97.7 Å². The maximum atomic E-state index is 12.2. The maximum absolute atomic E-state index is 12.2. The first-order valence-electron chi connectivity index (χ1n) is 27.7. The lowest BCUT2D eigenvalue weighted by molar-refractivity contribution is -0.395. The molecule has 0 aromatic carbocycles. The number of aliphatic hydroxyl groups is 14. The van der Waals surface area contributed by atoms with E-state index in [2.05, 4.69) is 20.8 Å². The first-order valence-corrected chi connectivity index (χ1v) is 27.7. The highest BCUT2D eigenvalue weighted by Crippen LogP contribution is 2.71. The molecule has 14 N–H and O–H groups in total. The smallest absolute Gasteiger partial charge is 0.187 e. The summed E-state index contributed by atoms with van der Waals surface area (Å²) < 4.78 is 55.0. The first-order chi connectivity index (χ1) is 35.5. The van der Waals surface area contributed by atoms with Crippen LogP contribution in [0.15, 0.2) is 0 Å². The zero-order chi connectivity index (χ0) is 54.2. The summed E-state index contributed by atoms with van der Waals surface area (Å²) in [6.07, 6.45) is -22.3. The average Bonchev–Trinajstić information content (AvgIpc) is 3.89. The molecule has 75 heavy (non-hydrogen) atoms. The molecule has 0 spiro atoms. The zero-order valence-corrected chi connectivity index (χ0v) is 43.8. The molecule has 9 rings (SSSR count). The van der Waals surface area contributed by atoms with E-state index in [-0.39, 0.29) is 47.2 Å². The van der Waals surface area contributed by atoms with Crippen molar-refractivity contribution in [1.29, 1.82) is 0 Å². The van der Waals surface area contributed by atoms with Gasteiger partial charge in [-0.25, -0.2) is 0 Å². The Hall–Kier alpha value is -0.920. The first kappa shape index (κ1) is 58.7. The summed E-state index contributed by atoms with van der Waals surface area (Å²) in [7, 11) is 0. The van der Waals surface area contributed by atoms with Crippen LogP contribution in [0.3, 0.4) is 0 Å². The lowest BCUT2D eigenvalue weighted by Crippen LogP contribution is -2.67. The highest BCUT2D eigenvalue weighted by Gasteiger charge is 2.68. The van der Waals surface area contributed by atoms with E-state index in [1.807, 2.05) is 6.92 Å². The summed E-state index contributed by atoms with van der Waals surface area (Å²) >= 11 is 0. The molecule has 32 unspecified atom stereocenters. The summed E-state index contributed by atoms with van der Waals surface area (Å²) in [5, 5.41) is 149. The topological polar surface area (TPSA) is 366 Å². The van der Waals surface area contributed by atoms with Crippen LogP contribution in [0.2, 0.25) is 0 Å². The van der Waals surface area contributed by atoms with Gasteiger partial charge < -0.3 is 114 Å². The van der Waals surface area contributed by atoms with Gasteiger partial charge in [0.15, 0.2) is 24.7 Å². The molecule has 23 nitrogen and oxygen atoms in total. The molecule has 5 saturated heterocycles. The molecule has 23 heteroatoms. The molecular formula is C52H88O23. The summed E-state index contributed by atoms with van der Waals surface area (Å²) in [6, 6.07) is 0. The van der Waals surface area contributed by atoms with Crippen LogP contribution in [-0.2, 0) is 42.6 Å². The fraction of sp³-hybridized carbons (Fsp3) is 1.00. The fourth-order valence-corrected chi connectivity index (χ4v) is 15.8. The van der Waals surface area contributed by atoms with Crippen molar-refractivity contribution < 1.29 is 114 Å². The summed E-state index contributed by atoms with van der Waals surface area (Å²) in [5.74, 6) is 0.356. The van der Waals surface area contributed by atoms with E-state index in [4.69, 9.17) is 42.6 Å². The second kappa shape index (κ2) is 23.1. The quantitative estimate of drug-likeness (QED) is 0.0690. The Morgan fingerprint density at radius 1 is 0.560 bits per heavy atom. The van der Waals surface area contributed by atoms with Gasteiger partial charge >= 0.3 is 0 Å². The summed E-state index contributed by atoms with van der Waals surface area (Å²) in [6.45, 7) is 8.72. The number of hydrogen-bond acceptors (Lipinski definition) is 23. The van der Waals surface area contributed by atoms with Crippen LogP contribution in [0.1, 0.15) is 98.8 Å². The van der Waals surface area contributed by atoms with Crippen molar-refractivity contribution in [1.82, 2.24) is 0 Å². The Kier molecular flexibility index (Phi) is 18.1. The summed E-state index contributed by atoms with van der Waals surface area (Å²) in [4.78, 5) is 0. The third-order valence-electron chi connectivity index (χ3n) is 20.3. The standard InChI is InChI=1S/C52H88O23/c1-21(19-67-20-33-38(59)41(62)36(57)30(16-53)70-33)8-13-52(66)22(2)34-29(75-52)15-28-26-7-6-24-14-25(9-11-50(24,4)27(26)10-12-51(28,34)5)69-49-46(74-48-44(65)42(63)37(58)31(17-54)71-48)45(39(60)32(18-55)72-49)73-47-43(64)40(61)35(56)23(3)68-47/h21-49,53-66H,6-20H2,1-5H3. The molecule has 0 bridgehead atoms. The molecule has 4 saturated carbocycles. The number of fused-ring (bicyclic) bond motifs is 7. The van der Waals surface area contributed by atoms with Gasteiger partial charge in [-0.15, -0.1) is 0 Å². The molecule has 0 radical (unpaired) electrons. The van der Waals surface area contributed by atoms with Gasteiger partial charge in [-0.05, 0) is 111 Å². The Balaban J connectivity index is 0.836. The molecule has 0 amide bonds. The number of rotatable bonds is 16. The fourth-order valence-electron chi connectivity index (χ4n) is 15.8.